The number of benzene rings is 1. The molecule has 1 fully saturated rings. The van der Waals surface area contributed by atoms with Crippen molar-refractivity contribution in [1.29, 1.82) is 0 Å². The van der Waals surface area contributed by atoms with Crippen molar-refractivity contribution in [3.8, 4) is 0 Å². The molecule has 0 spiro atoms. The maximum atomic E-state index is 12.5. The molecule has 0 radical (unpaired) electrons. The highest BCUT2D eigenvalue weighted by atomic mass is 19.4. The lowest BCUT2D eigenvalue weighted by Crippen LogP contribution is -2.41. The Morgan fingerprint density at radius 3 is 2.38 bits per heavy atom. The molecular weight excluding hydrogens is 279 g/mol. The second-order valence-electron chi connectivity index (χ2n) is 5.84. The summed E-state index contributed by atoms with van der Waals surface area (Å²) in [4.78, 5) is 0. The number of alkyl halides is 3. The molecule has 1 aliphatic rings. The van der Waals surface area contributed by atoms with Crippen LogP contribution in [0.5, 0.6) is 0 Å². The first kappa shape index (κ1) is 16.3. The first-order valence-corrected chi connectivity index (χ1v) is 7.46. The molecule has 1 aliphatic carbocycles. The van der Waals surface area contributed by atoms with Gasteiger partial charge in [0.1, 0.15) is 0 Å². The third-order valence-electron chi connectivity index (χ3n) is 4.35. The van der Waals surface area contributed by atoms with E-state index in [4.69, 9.17) is 0 Å². The Labute approximate surface area is 123 Å². The fourth-order valence-electron chi connectivity index (χ4n) is 3.02. The molecule has 0 saturated heterocycles. The zero-order valence-electron chi connectivity index (χ0n) is 12.2. The van der Waals surface area contributed by atoms with E-state index in [9.17, 15) is 18.3 Å². The first-order chi connectivity index (χ1) is 9.91. The van der Waals surface area contributed by atoms with Gasteiger partial charge in [-0.2, -0.15) is 13.2 Å². The smallest absolute Gasteiger partial charge is 0.396 e. The molecule has 0 aliphatic heterocycles. The minimum Gasteiger partial charge on any atom is -0.396 e. The molecule has 3 unspecified atom stereocenters. The topological polar surface area (TPSA) is 32.3 Å². The minimum atomic E-state index is -4.29. The van der Waals surface area contributed by atoms with Gasteiger partial charge in [0.25, 0.3) is 0 Å². The number of halogens is 3. The molecule has 21 heavy (non-hydrogen) atoms. The van der Waals surface area contributed by atoms with Crippen LogP contribution in [0.4, 0.5) is 13.2 Å². The predicted octanol–water partition coefficient (Wildman–Crippen LogP) is 3.91. The third-order valence-corrected chi connectivity index (χ3v) is 4.35. The molecule has 0 bridgehead atoms. The Balaban J connectivity index is 2.01. The average molecular weight is 301 g/mol. The standard InChI is InChI=1S/C16H22F3NO/c1-11(20-15-5-3-2-4-13(15)10-21)12-6-8-14(9-7-12)16(17,18)19/h6-9,11,13,15,20-21H,2-5,10H2,1H3. The van der Waals surface area contributed by atoms with E-state index in [2.05, 4.69) is 5.32 Å². The Morgan fingerprint density at radius 1 is 1.19 bits per heavy atom. The fourth-order valence-corrected chi connectivity index (χ4v) is 3.02. The molecule has 0 amide bonds. The van der Waals surface area contributed by atoms with Gasteiger partial charge in [0.05, 0.1) is 5.56 Å². The fraction of sp³-hybridized carbons (Fsp3) is 0.625. The molecule has 0 aromatic heterocycles. The Kier molecular flexibility index (Phi) is 5.27. The molecule has 5 heteroatoms. The van der Waals surface area contributed by atoms with Crippen molar-refractivity contribution in [2.75, 3.05) is 6.61 Å². The largest absolute Gasteiger partial charge is 0.416 e. The predicted molar refractivity (Wildman–Crippen MR) is 75.8 cm³/mol. The first-order valence-electron chi connectivity index (χ1n) is 7.46. The van der Waals surface area contributed by atoms with Crippen molar-refractivity contribution >= 4 is 0 Å². The van der Waals surface area contributed by atoms with Gasteiger partial charge < -0.3 is 10.4 Å². The number of aliphatic hydroxyl groups excluding tert-OH is 1. The van der Waals surface area contributed by atoms with Crippen LogP contribution < -0.4 is 5.32 Å². The van der Waals surface area contributed by atoms with Crippen molar-refractivity contribution in [2.45, 2.75) is 50.9 Å². The highest BCUT2D eigenvalue weighted by Gasteiger charge is 2.30. The van der Waals surface area contributed by atoms with Crippen LogP contribution in [0.25, 0.3) is 0 Å². The summed E-state index contributed by atoms with van der Waals surface area (Å²) in [6.07, 6.45) is -0.00336. The molecule has 3 atom stereocenters. The third kappa shape index (κ3) is 4.20. The van der Waals surface area contributed by atoms with Crippen LogP contribution in [0, 0.1) is 5.92 Å². The van der Waals surface area contributed by atoms with E-state index in [1.165, 1.54) is 12.1 Å². The quantitative estimate of drug-likeness (QED) is 0.884. The van der Waals surface area contributed by atoms with E-state index in [1.54, 1.807) is 0 Å². The SMILES string of the molecule is CC(NC1CCCCC1CO)c1ccc(C(F)(F)F)cc1. The highest BCUT2D eigenvalue weighted by molar-refractivity contribution is 5.26. The summed E-state index contributed by atoms with van der Waals surface area (Å²) >= 11 is 0. The summed E-state index contributed by atoms with van der Waals surface area (Å²) < 4.78 is 37.6. The van der Waals surface area contributed by atoms with Crippen LogP contribution in [0.15, 0.2) is 24.3 Å². The van der Waals surface area contributed by atoms with E-state index in [0.29, 0.717) is 0 Å². The summed E-state index contributed by atoms with van der Waals surface area (Å²) in [6.45, 7) is 2.11. The summed E-state index contributed by atoms with van der Waals surface area (Å²) in [6, 6.07) is 5.51. The normalized spacial score (nSPS) is 24.8. The molecule has 118 valence electrons. The molecular formula is C16H22F3NO. The lowest BCUT2D eigenvalue weighted by molar-refractivity contribution is -0.137. The number of aliphatic hydroxyl groups is 1. The van der Waals surface area contributed by atoms with Gasteiger partial charge in [0.2, 0.25) is 0 Å². The van der Waals surface area contributed by atoms with Gasteiger partial charge in [0.15, 0.2) is 0 Å². The van der Waals surface area contributed by atoms with Crippen molar-refractivity contribution in [2.24, 2.45) is 5.92 Å². The highest BCUT2D eigenvalue weighted by Crippen LogP contribution is 2.31. The number of hydrogen-bond acceptors (Lipinski definition) is 2. The van der Waals surface area contributed by atoms with Crippen LogP contribution in [0.3, 0.4) is 0 Å². The van der Waals surface area contributed by atoms with E-state index in [0.717, 1.165) is 43.4 Å². The summed E-state index contributed by atoms with van der Waals surface area (Å²) in [5, 5.41) is 12.9. The summed E-state index contributed by atoms with van der Waals surface area (Å²) in [5.41, 5.74) is 0.217. The molecule has 1 aromatic rings. The molecule has 2 N–H and O–H groups in total. The maximum Gasteiger partial charge on any atom is 0.416 e. The summed E-state index contributed by atoms with van der Waals surface area (Å²) in [7, 11) is 0. The van der Waals surface area contributed by atoms with Crippen molar-refractivity contribution in [3.05, 3.63) is 35.4 Å². The Hall–Kier alpha value is -1.07. The van der Waals surface area contributed by atoms with Gasteiger partial charge in [-0.05, 0) is 43.4 Å². The van der Waals surface area contributed by atoms with E-state index in [1.807, 2.05) is 6.92 Å². The molecule has 1 saturated carbocycles. The van der Waals surface area contributed by atoms with Crippen LogP contribution in [0.1, 0.15) is 49.8 Å². The van der Waals surface area contributed by atoms with Crippen molar-refractivity contribution < 1.29 is 18.3 Å². The van der Waals surface area contributed by atoms with Crippen LogP contribution >= 0.6 is 0 Å². The lowest BCUT2D eigenvalue weighted by Gasteiger charge is -2.33. The van der Waals surface area contributed by atoms with Crippen molar-refractivity contribution in [1.82, 2.24) is 5.32 Å². The number of rotatable bonds is 4. The van der Waals surface area contributed by atoms with Gasteiger partial charge in [-0.15, -0.1) is 0 Å². The van der Waals surface area contributed by atoms with Gasteiger partial charge in [-0.3, -0.25) is 0 Å². The zero-order valence-corrected chi connectivity index (χ0v) is 12.2. The monoisotopic (exact) mass is 301 g/mol. The summed E-state index contributed by atoms with van der Waals surface area (Å²) in [5.74, 6) is 0.246. The van der Waals surface area contributed by atoms with Gasteiger partial charge in [0, 0.05) is 18.7 Å². The minimum absolute atomic E-state index is 0.0237. The van der Waals surface area contributed by atoms with Crippen molar-refractivity contribution in [3.63, 3.8) is 0 Å². The molecule has 0 heterocycles. The van der Waals surface area contributed by atoms with Crippen LogP contribution in [-0.4, -0.2) is 17.8 Å². The van der Waals surface area contributed by atoms with Gasteiger partial charge in [-0.25, -0.2) is 0 Å². The van der Waals surface area contributed by atoms with E-state index < -0.39 is 11.7 Å². The second-order valence-corrected chi connectivity index (χ2v) is 5.84. The zero-order chi connectivity index (χ0) is 15.5. The van der Waals surface area contributed by atoms with Crippen LogP contribution in [0.2, 0.25) is 0 Å². The Morgan fingerprint density at radius 2 is 1.81 bits per heavy atom. The number of hydrogen-bond donors (Lipinski definition) is 2. The second kappa shape index (κ2) is 6.79. The van der Waals surface area contributed by atoms with Crippen LogP contribution in [-0.2, 0) is 6.18 Å². The maximum absolute atomic E-state index is 12.5. The van der Waals surface area contributed by atoms with E-state index in [-0.39, 0.29) is 24.6 Å². The molecule has 2 rings (SSSR count). The lowest BCUT2D eigenvalue weighted by atomic mass is 9.84. The number of nitrogens with one attached hydrogen (secondary N) is 1. The Bertz CT molecular complexity index is 444. The molecule has 1 aromatic carbocycles. The average Bonchev–Trinajstić information content (AvgIpc) is 2.47. The molecule has 2 nitrogen and oxygen atoms in total. The van der Waals surface area contributed by atoms with Gasteiger partial charge >= 0.3 is 6.18 Å². The van der Waals surface area contributed by atoms with Gasteiger partial charge in [-0.1, -0.05) is 25.0 Å². The van der Waals surface area contributed by atoms with E-state index >= 15 is 0 Å².